The molecular formula is C17H26N2O2. The molecule has 21 heavy (non-hydrogen) atoms. The van der Waals surface area contributed by atoms with Gasteiger partial charge in [-0.2, -0.15) is 0 Å². The highest BCUT2D eigenvalue weighted by Crippen LogP contribution is 2.47. The third-order valence-electron chi connectivity index (χ3n) is 5.17. The van der Waals surface area contributed by atoms with Crippen molar-refractivity contribution in [3.8, 4) is 5.75 Å². The Morgan fingerprint density at radius 1 is 1.43 bits per heavy atom. The van der Waals surface area contributed by atoms with E-state index in [0.29, 0.717) is 5.92 Å². The Morgan fingerprint density at radius 3 is 2.86 bits per heavy atom. The first-order valence-electron chi connectivity index (χ1n) is 7.92. The number of rotatable bonds is 4. The minimum absolute atomic E-state index is 0.127. The van der Waals surface area contributed by atoms with Crippen LogP contribution in [0.3, 0.4) is 0 Å². The first-order chi connectivity index (χ1) is 10.2. The second-order valence-corrected chi connectivity index (χ2v) is 6.53. The van der Waals surface area contributed by atoms with Crippen molar-refractivity contribution < 1.29 is 9.47 Å². The molecule has 0 bridgehead atoms. The summed E-state index contributed by atoms with van der Waals surface area (Å²) in [5.74, 6) is 7.32. The monoisotopic (exact) mass is 290 g/mol. The molecule has 1 aliphatic heterocycles. The Balaban J connectivity index is 1.84. The number of benzene rings is 1. The molecule has 2 fully saturated rings. The van der Waals surface area contributed by atoms with Crippen LogP contribution in [0, 0.1) is 12.8 Å². The van der Waals surface area contributed by atoms with E-state index in [1.165, 1.54) is 24.8 Å². The third kappa shape index (κ3) is 2.80. The smallest absolute Gasteiger partial charge is 0.123 e. The summed E-state index contributed by atoms with van der Waals surface area (Å²) < 4.78 is 11.6. The Hall–Kier alpha value is -1.10. The van der Waals surface area contributed by atoms with Crippen molar-refractivity contribution in [3.05, 3.63) is 29.3 Å². The van der Waals surface area contributed by atoms with Crippen molar-refractivity contribution in [2.24, 2.45) is 11.8 Å². The van der Waals surface area contributed by atoms with E-state index < -0.39 is 0 Å². The van der Waals surface area contributed by atoms with Gasteiger partial charge in [-0.05, 0) is 56.6 Å². The second-order valence-electron chi connectivity index (χ2n) is 6.53. The number of nitrogens with one attached hydrogen (secondary N) is 1. The summed E-state index contributed by atoms with van der Waals surface area (Å²) >= 11 is 0. The van der Waals surface area contributed by atoms with Crippen molar-refractivity contribution in [2.45, 2.75) is 50.7 Å². The zero-order chi connectivity index (χ0) is 14.9. The summed E-state index contributed by atoms with van der Waals surface area (Å²) in [4.78, 5) is 0. The minimum atomic E-state index is 0.127. The van der Waals surface area contributed by atoms with E-state index in [1.54, 1.807) is 7.11 Å². The minimum Gasteiger partial charge on any atom is -0.496 e. The van der Waals surface area contributed by atoms with Gasteiger partial charge in [0.05, 0.1) is 18.8 Å². The van der Waals surface area contributed by atoms with Crippen LogP contribution in [0.5, 0.6) is 5.75 Å². The summed E-state index contributed by atoms with van der Waals surface area (Å²) in [7, 11) is 1.73. The number of nitrogens with two attached hydrogens (primary N) is 1. The lowest BCUT2D eigenvalue weighted by Crippen LogP contribution is -2.48. The van der Waals surface area contributed by atoms with Gasteiger partial charge in [-0.1, -0.05) is 12.1 Å². The standard InChI is InChI=1S/C17H26N2O2/c1-12-4-5-14(15(10-12)20-2)16(19-18)13-6-9-21-17(11-13)7-3-8-17/h4-5,10,13,16,19H,3,6-9,11,18H2,1-2H3. The molecule has 1 saturated carbocycles. The molecule has 2 aliphatic rings. The van der Waals surface area contributed by atoms with Gasteiger partial charge in [0.1, 0.15) is 5.75 Å². The van der Waals surface area contributed by atoms with Gasteiger partial charge in [-0.25, -0.2) is 0 Å². The summed E-state index contributed by atoms with van der Waals surface area (Å²) in [6, 6.07) is 6.47. The van der Waals surface area contributed by atoms with Crippen molar-refractivity contribution in [2.75, 3.05) is 13.7 Å². The molecule has 1 heterocycles. The number of hydrogen-bond donors (Lipinski definition) is 2. The largest absolute Gasteiger partial charge is 0.496 e. The van der Waals surface area contributed by atoms with E-state index in [2.05, 4.69) is 30.5 Å². The summed E-state index contributed by atoms with van der Waals surface area (Å²) in [6.07, 6.45) is 5.84. The highest BCUT2D eigenvalue weighted by Gasteiger charge is 2.44. The Morgan fingerprint density at radius 2 is 2.24 bits per heavy atom. The molecule has 1 saturated heterocycles. The maximum absolute atomic E-state index is 6.04. The molecule has 3 N–H and O–H groups in total. The van der Waals surface area contributed by atoms with Gasteiger partial charge in [0.15, 0.2) is 0 Å². The first kappa shape index (κ1) is 14.8. The number of hydrogen-bond acceptors (Lipinski definition) is 4. The lowest BCUT2D eigenvalue weighted by Gasteiger charge is -2.48. The van der Waals surface area contributed by atoms with E-state index in [0.717, 1.165) is 30.8 Å². The highest BCUT2D eigenvalue weighted by atomic mass is 16.5. The van der Waals surface area contributed by atoms with E-state index >= 15 is 0 Å². The lowest BCUT2D eigenvalue weighted by atomic mass is 9.69. The molecule has 1 aromatic carbocycles. The predicted molar refractivity (Wildman–Crippen MR) is 83.1 cm³/mol. The molecule has 1 spiro atoms. The maximum Gasteiger partial charge on any atom is 0.123 e. The zero-order valence-electron chi connectivity index (χ0n) is 13.0. The molecule has 3 rings (SSSR count). The fourth-order valence-corrected chi connectivity index (χ4v) is 3.82. The van der Waals surface area contributed by atoms with Crippen LogP contribution in [-0.2, 0) is 4.74 Å². The molecule has 1 aliphatic carbocycles. The van der Waals surface area contributed by atoms with Gasteiger partial charge in [-0.15, -0.1) is 0 Å². The molecule has 4 heteroatoms. The average Bonchev–Trinajstić information content (AvgIpc) is 2.48. The summed E-state index contributed by atoms with van der Waals surface area (Å²) in [5.41, 5.74) is 5.53. The SMILES string of the molecule is COc1cc(C)ccc1C(NN)C1CCOC2(CCC2)C1. The summed E-state index contributed by atoms with van der Waals surface area (Å²) in [5, 5.41) is 0. The van der Waals surface area contributed by atoms with Gasteiger partial charge in [-0.3, -0.25) is 11.3 Å². The van der Waals surface area contributed by atoms with E-state index in [4.69, 9.17) is 15.3 Å². The van der Waals surface area contributed by atoms with Crippen LogP contribution < -0.4 is 16.0 Å². The molecular weight excluding hydrogens is 264 g/mol. The van der Waals surface area contributed by atoms with Gasteiger partial charge in [0.25, 0.3) is 0 Å². The average molecular weight is 290 g/mol. The maximum atomic E-state index is 6.04. The quantitative estimate of drug-likeness (QED) is 0.661. The molecule has 4 nitrogen and oxygen atoms in total. The third-order valence-corrected chi connectivity index (χ3v) is 5.17. The Kier molecular flexibility index (Phi) is 4.20. The molecule has 0 amide bonds. The van der Waals surface area contributed by atoms with Crippen LogP contribution in [0.4, 0.5) is 0 Å². The molecule has 2 unspecified atom stereocenters. The molecule has 0 aromatic heterocycles. The van der Waals surface area contributed by atoms with Gasteiger partial charge in [0, 0.05) is 12.2 Å². The first-order valence-corrected chi connectivity index (χ1v) is 7.92. The lowest BCUT2D eigenvalue weighted by molar-refractivity contribution is -0.147. The predicted octanol–water partition coefficient (Wildman–Crippen LogP) is 2.86. The molecule has 2 atom stereocenters. The van der Waals surface area contributed by atoms with Crippen LogP contribution in [0.1, 0.15) is 49.3 Å². The van der Waals surface area contributed by atoms with Gasteiger partial charge in [0.2, 0.25) is 0 Å². The number of methoxy groups -OCH3 is 1. The Bertz CT molecular complexity index is 500. The fraction of sp³-hybridized carbons (Fsp3) is 0.647. The summed E-state index contributed by atoms with van der Waals surface area (Å²) in [6.45, 7) is 2.92. The number of hydrazine groups is 1. The van der Waals surface area contributed by atoms with Crippen molar-refractivity contribution in [3.63, 3.8) is 0 Å². The van der Waals surface area contributed by atoms with E-state index in [9.17, 15) is 0 Å². The normalized spacial score (nSPS) is 25.4. The zero-order valence-corrected chi connectivity index (χ0v) is 13.0. The van der Waals surface area contributed by atoms with Crippen LogP contribution >= 0.6 is 0 Å². The van der Waals surface area contributed by atoms with E-state index in [1.807, 2.05) is 0 Å². The van der Waals surface area contributed by atoms with Crippen molar-refractivity contribution >= 4 is 0 Å². The number of aryl methyl sites for hydroxylation is 1. The molecule has 1 aromatic rings. The van der Waals surface area contributed by atoms with Gasteiger partial charge >= 0.3 is 0 Å². The van der Waals surface area contributed by atoms with Crippen LogP contribution in [0.15, 0.2) is 18.2 Å². The molecule has 116 valence electrons. The van der Waals surface area contributed by atoms with Crippen molar-refractivity contribution in [1.82, 2.24) is 5.43 Å². The second kappa shape index (κ2) is 5.95. The molecule has 0 radical (unpaired) electrons. The highest BCUT2D eigenvalue weighted by molar-refractivity contribution is 5.39. The van der Waals surface area contributed by atoms with Crippen molar-refractivity contribution in [1.29, 1.82) is 0 Å². The fourth-order valence-electron chi connectivity index (χ4n) is 3.82. The Labute approximate surface area is 127 Å². The van der Waals surface area contributed by atoms with Crippen LogP contribution in [0.2, 0.25) is 0 Å². The van der Waals surface area contributed by atoms with Crippen LogP contribution in [-0.4, -0.2) is 19.3 Å². The topological polar surface area (TPSA) is 56.5 Å². The van der Waals surface area contributed by atoms with Gasteiger partial charge < -0.3 is 9.47 Å². The van der Waals surface area contributed by atoms with E-state index in [-0.39, 0.29) is 11.6 Å². The number of ether oxygens (including phenoxy) is 2. The van der Waals surface area contributed by atoms with Crippen LogP contribution in [0.25, 0.3) is 0 Å².